The van der Waals surface area contributed by atoms with Crippen molar-refractivity contribution in [3.8, 4) is 0 Å². The lowest BCUT2D eigenvalue weighted by molar-refractivity contribution is 0.102. The molecule has 2 aromatic heterocycles. The van der Waals surface area contributed by atoms with Crippen molar-refractivity contribution in [1.82, 2.24) is 19.6 Å². The molecule has 0 aliphatic rings. The third-order valence-corrected chi connectivity index (χ3v) is 3.13. The highest BCUT2D eigenvalue weighted by atomic mass is 16.1. The van der Waals surface area contributed by atoms with Crippen molar-refractivity contribution in [1.29, 1.82) is 0 Å². The first-order chi connectivity index (χ1) is 8.54. The molecule has 0 saturated heterocycles. The number of nitrogens with one attached hydrogen (secondary N) is 1. The minimum atomic E-state index is -0.150. The van der Waals surface area contributed by atoms with Crippen molar-refractivity contribution in [3.05, 3.63) is 29.3 Å². The summed E-state index contributed by atoms with van der Waals surface area (Å²) in [6.07, 6.45) is 3.24. The molecule has 0 aliphatic heterocycles. The van der Waals surface area contributed by atoms with Crippen LogP contribution in [0.1, 0.15) is 28.7 Å². The average Bonchev–Trinajstić information content (AvgIpc) is 2.86. The third-order valence-electron chi connectivity index (χ3n) is 3.13. The van der Waals surface area contributed by atoms with Crippen LogP contribution in [0.2, 0.25) is 0 Å². The van der Waals surface area contributed by atoms with Gasteiger partial charge in [0, 0.05) is 19.3 Å². The van der Waals surface area contributed by atoms with Crippen LogP contribution in [0.4, 0.5) is 5.69 Å². The number of hydrogen-bond acceptors (Lipinski definition) is 3. The van der Waals surface area contributed by atoms with Gasteiger partial charge in [-0.2, -0.15) is 10.2 Å². The fraction of sp³-hybridized carbons (Fsp3) is 0.417. The largest absolute Gasteiger partial charge is 0.319 e. The quantitative estimate of drug-likeness (QED) is 0.894. The number of carbonyl (C=O) groups excluding carboxylic acids is 1. The van der Waals surface area contributed by atoms with Crippen LogP contribution in [0.3, 0.4) is 0 Å². The van der Waals surface area contributed by atoms with Gasteiger partial charge >= 0.3 is 0 Å². The predicted molar refractivity (Wildman–Crippen MR) is 68.5 cm³/mol. The first-order valence-electron chi connectivity index (χ1n) is 5.87. The third kappa shape index (κ3) is 2.01. The van der Waals surface area contributed by atoms with Gasteiger partial charge in [0.05, 0.1) is 29.3 Å². The van der Waals surface area contributed by atoms with Crippen molar-refractivity contribution in [2.75, 3.05) is 5.32 Å². The molecule has 6 nitrogen and oxygen atoms in total. The van der Waals surface area contributed by atoms with E-state index < -0.39 is 0 Å². The van der Waals surface area contributed by atoms with Crippen LogP contribution in [0.5, 0.6) is 0 Å². The molecule has 1 N–H and O–H groups in total. The summed E-state index contributed by atoms with van der Waals surface area (Å²) in [6, 6.07) is 0. The van der Waals surface area contributed by atoms with Crippen molar-refractivity contribution in [3.63, 3.8) is 0 Å². The van der Waals surface area contributed by atoms with E-state index in [1.807, 2.05) is 27.8 Å². The molecule has 2 aromatic rings. The molecule has 2 heterocycles. The van der Waals surface area contributed by atoms with Crippen LogP contribution in [0.25, 0.3) is 0 Å². The predicted octanol–water partition coefficient (Wildman–Crippen LogP) is 1.51. The molecular weight excluding hydrogens is 230 g/mol. The lowest BCUT2D eigenvalue weighted by atomic mass is 10.2. The van der Waals surface area contributed by atoms with Gasteiger partial charge in [-0.05, 0) is 20.8 Å². The number of rotatable bonds is 3. The highest BCUT2D eigenvalue weighted by Crippen LogP contribution is 2.15. The lowest BCUT2D eigenvalue weighted by Gasteiger charge is -2.04. The van der Waals surface area contributed by atoms with E-state index in [-0.39, 0.29) is 5.91 Å². The topological polar surface area (TPSA) is 64.7 Å². The Morgan fingerprint density at radius 3 is 2.50 bits per heavy atom. The van der Waals surface area contributed by atoms with Crippen molar-refractivity contribution < 1.29 is 4.79 Å². The van der Waals surface area contributed by atoms with Crippen molar-refractivity contribution in [2.24, 2.45) is 7.05 Å². The Hall–Kier alpha value is -2.11. The first-order valence-corrected chi connectivity index (χ1v) is 5.87. The second-order valence-electron chi connectivity index (χ2n) is 4.18. The molecule has 18 heavy (non-hydrogen) atoms. The zero-order valence-electron chi connectivity index (χ0n) is 11.1. The number of aromatic nitrogens is 4. The Bertz CT molecular complexity index is 581. The van der Waals surface area contributed by atoms with Crippen LogP contribution in [0.15, 0.2) is 12.4 Å². The summed E-state index contributed by atoms with van der Waals surface area (Å²) in [5.41, 5.74) is 3.12. The number of carbonyl (C=O) groups is 1. The van der Waals surface area contributed by atoms with Gasteiger partial charge in [0.2, 0.25) is 0 Å². The molecular formula is C12H17N5O. The molecule has 0 atom stereocenters. The molecule has 0 bridgehead atoms. The number of hydrogen-bond donors (Lipinski definition) is 1. The van der Waals surface area contributed by atoms with E-state index in [9.17, 15) is 4.79 Å². The number of aryl methyl sites for hydroxylation is 2. The molecule has 2 rings (SSSR count). The Labute approximate surface area is 106 Å². The Morgan fingerprint density at radius 2 is 2.00 bits per heavy atom. The number of nitrogens with zero attached hydrogens (tertiary/aromatic N) is 4. The van der Waals surface area contributed by atoms with Gasteiger partial charge in [-0.3, -0.25) is 14.2 Å². The summed E-state index contributed by atoms with van der Waals surface area (Å²) < 4.78 is 3.52. The fourth-order valence-corrected chi connectivity index (χ4v) is 1.80. The second-order valence-corrected chi connectivity index (χ2v) is 4.18. The zero-order chi connectivity index (χ0) is 13.3. The Balaban J connectivity index is 2.22. The Kier molecular flexibility index (Phi) is 3.18. The lowest BCUT2D eigenvalue weighted by Crippen LogP contribution is -2.13. The van der Waals surface area contributed by atoms with Crippen LogP contribution >= 0.6 is 0 Å². The van der Waals surface area contributed by atoms with Gasteiger partial charge in [0.15, 0.2) is 0 Å². The minimum absolute atomic E-state index is 0.150. The number of amides is 1. The van der Waals surface area contributed by atoms with Gasteiger partial charge in [-0.1, -0.05) is 0 Å². The first kappa shape index (κ1) is 12.3. The van der Waals surface area contributed by atoms with E-state index in [0.29, 0.717) is 5.56 Å². The Morgan fingerprint density at radius 1 is 1.28 bits per heavy atom. The zero-order valence-corrected chi connectivity index (χ0v) is 11.1. The fourth-order valence-electron chi connectivity index (χ4n) is 1.80. The van der Waals surface area contributed by atoms with Gasteiger partial charge in [0.25, 0.3) is 5.91 Å². The maximum absolute atomic E-state index is 12.1. The molecule has 0 spiro atoms. The molecule has 1 amide bonds. The normalized spacial score (nSPS) is 10.7. The molecule has 0 radical (unpaired) electrons. The second kappa shape index (κ2) is 4.64. The maximum Gasteiger partial charge on any atom is 0.259 e. The maximum atomic E-state index is 12.1. The minimum Gasteiger partial charge on any atom is -0.319 e. The van der Waals surface area contributed by atoms with Gasteiger partial charge in [-0.15, -0.1) is 0 Å². The van der Waals surface area contributed by atoms with Crippen LogP contribution < -0.4 is 5.32 Å². The SMILES string of the molecule is CCn1ncc(C(=O)Nc2cnn(C)c2C)c1C. The monoisotopic (exact) mass is 247 g/mol. The summed E-state index contributed by atoms with van der Waals surface area (Å²) in [6.45, 7) is 6.55. The van der Waals surface area contributed by atoms with Crippen molar-refractivity contribution in [2.45, 2.75) is 27.3 Å². The number of anilines is 1. The van der Waals surface area contributed by atoms with Gasteiger partial charge < -0.3 is 5.32 Å². The summed E-state index contributed by atoms with van der Waals surface area (Å²) in [4.78, 5) is 12.1. The molecule has 0 saturated carbocycles. The van der Waals surface area contributed by atoms with E-state index in [4.69, 9.17) is 0 Å². The van der Waals surface area contributed by atoms with E-state index in [0.717, 1.165) is 23.6 Å². The molecule has 0 unspecified atom stereocenters. The van der Waals surface area contributed by atoms with E-state index >= 15 is 0 Å². The average molecular weight is 247 g/mol. The summed E-state index contributed by atoms with van der Waals surface area (Å²) in [5.74, 6) is -0.150. The molecule has 0 fully saturated rings. The summed E-state index contributed by atoms with van der Waals surface area (Å²) >= 11 is 0. The van der Waals surface area contributed by atoms with Crippen LogP contribution in [0, 0.1) is 13.8 Å². The highest BCUT2D eigenvalue weighted by Gasteiger charge is 2.15. The van der Waals surface area contributed by atoms with Gasteiger partial charge in [-0.25, -0.2) is 0 Å². The molecule has 6 heteroatoms. The van der Waals surface area contributed by atoms with E-state index in [1.165, 1.54) is 0 Å². The van der Waals surface area contributed by atoms with Crippen LogP contribution in [-0.4, -0.2) is 25.5 Å². The van der Waals surface area contributed by atoms with E-state index in [2.05, 4.69) is 15.5 Å². The van der Waals surface area contributed by atoms with Crippen molar-refractivity contribution >= 4 is 11.6 Å². The molecule has 96 valence electrons. The summed E-state index contributed by atoms with van der Waals surface area (Å²) in [7, 11) is 1.84. The van der Waals surface area contributed by atoms with Gasteiger partial charge in [0.1, 0.15) is 0 Å². The van der Waals surface area contributed by atoms with E-state index in [1.54, 1.807) is 21.8 Å². The summed E-state index contributed by atoms with van der Waals surface area (Å²) in [5, 5.41) is 11.1. The van der Waals surface area contributed by atoms with Crippen LogP contribution in [-0.2, 0) is 13.6 Å². The molecule has 0 aliphatic carbocycles. The standard InChI is InChI=1S/C12H17N5O/c1-5-17-8(2)10(6-14-17)12(18)15-11-7-13-16(4)9(11)3/h6-7H,5H2,1-4H3,(H,15,18). The molecule has 0 aromatic carbocycles. The highest BCUT2D eigenvalue weighted by molar-refractivity contribution is 6.05. The smallest absolute Gasteiger partial charge is 0.259 e.